The minimum absolute atomic E-state index is 0. The molecule has 0 spiro atoms. The molecule has 0 fully saturated rings. The quantitative estimate of drug-likeness (QED) is 0.0389. The van der Waals surface area contributed by atoms with Gasteiger partial charge in [0, 0.05) is 93.1 Å². The smallest absolute Gasteiger partial charge is 0.488 e. The number of ether oxygens (including phenoxy) is 2. The lowest BCUT2D eigenvalue weighted by molar-refractivity contribution is -0.605. The first-order chi connectivity index (χ1) is 60.8. The lowest BCUT2D eigenvalue weighted by Gasteiger charge is -2.04. The Hall–Kier alpha value is -13.9. The third kappa shape index (κ3) is 55.2. The van der Waals surface area contributed by atoms with Gasteiger partial charge in [-0.1, -0.05) is 363 Å². The number of hydrogen-bond acceptors (Lipinski definition) is 15. The summed E-state index contributed by atoms with van der Waals surface area (Å²) in [6.45, 7) is 31.9. The van der Waals surface area contributed by atoms with Crippen molar-refractivity contribution < 1.29 is 55.2 Å². The Balaban J connectivity index is -0.000000661. The van der Waals surface area contributed by atoms with Gasteiger partial charge in [0.2, 0.25) is 0 Å². The van der Waals surface area contributed by atoms with E-state index >= 15 is 0 Å². The van der Waals surface area contributed by atoms with Gasteiger partial charge in [-0.05, 0) is 147 Å². The summed E-state index contributed by atoms with van der Waals surface area (Å²) >= 11 is 0. The third-order valence-electron chi connectivity index (χ3n) is 15.2. The SMILES string of the molecule is C.CC.CC.CC.CC.CC.CC.CC(=O)O.COC(C)=O.COC(C)=O.Cc1cc(-c2ccccc2)ccn1.Cc1ccncc1.OB(O)c1ccccc1.OB(O)c1ccccc1.[2H-].[O-][n+]1ccc(-c2ccccc2)cc1.c1ccc(-c2ccnc(-c3ccccc3)c2)cc1.c1ccc(-c2ccnc(-c3ccccc3)c2)cc1.c1ccc(-c2ccncc2)cc1. The number of benzene rings is 9. The molecule has 19 heteroatoms. The maximum absolute atomic E-state index is 10.8. The molecule has 0 saturated heterocycles. The van der Waals surface area contributed by atoms with Gasteiger partial charge in [0.25, 0.3) is 5.97 Å². The molecule has 126 heavy (non-hydrogen) atoms. The van der Waals surface area contributed by atoms with E-state index in [1.165, 1.54) is 90.5 Å². The van der Waals surface area contributed by atoms with Crippen LogP contribution in [0.15, 0.2) is 402 Å². The zero-order chi connectivity index (χ0) is 93.5. The number of aromatic nitrogens is 6. The lowest BCUT2D eigenvalue weighted by Crippen LogP contribution is -2.29. The minimum atomic E-state index is -1.34. The molecule has 664 valence electrons. The van der Waals surface area contributed by atoms with Gasteiger partial charge in [-0.3, -0.25) is 39.3 Å². The van der Waals surface area contributed by atoms with E-state index in [-0.39, 0.29) is 20.8 Å². The number of esters is 2. The molecule has 15 aromatic rings. The molecule has 5 N–H and O–H groups in total. The van der Waals surface area contributed by atoms with Crippen LogP contribution in [0, 0.1) is 19.1 Å². The number of carboxylic acid groups (broad SMARTS) is 1. The predicted molar refractivity (Wildman–Crippen MR) is 531 cm³/mol. The Morgan fingerprint density at radius 1 is 0.302 bits per heavy atom. The molecule has 0 amide bonds. The van der Waals surface area contributed by atoms with Crippen LogP contribution in [0.1, 0.15) is 124 Å². The van der Waals surface area contributed by atoms with Crippen LogP contribution in [-0.4, -0.2) is 96.5 Å². The van der Waals surface area contributed by atoms with E-state index in [0.717, 1.165) is 51.0 Å². The fourth-order valence-electron chi connectivity index (χ4n) is 9.46. The number of aryl methyl sites for hydroxylation is 2. The highest BCUT2D eigenvalue weighted by atomic mass is 16.5. The summed E-state index contributed by atoms with van der Waals surface area (Å²) in [5.41, 5.74) is 19.6. The molecule has 0 aliphatic rings. The largest absolute Gasteiger partial charge is 1.00 e. The van der Waals surface area contributed by atoms with E-state index in [4.69, 9.17) is 30.0 Å². The van der Waals surface area contributed by atoms with Crippen LogP contribution >= 0.6 is 0 Å². The van der Waals surface area contributed by atoms with Gasteiger partial charge >= 0.3 is 26.2 Å². The van der Waals surface area contributed by atoms with Crippen LogP contribution < -0.4 is 15.7 Å². The van der Waals surface area contributed by atoms with Crippen molar-refractivity contribution in [3.8, 4) is 78.1 Å². The highest BCUT2D eigenvalue weighted by Crippen LogP contribution is 2.26. The molecule has 9 aromatic carbocycles. The molecule has 0 aliphatic carbocycles. The molecule has 0 unspecified atom stereocenters. The molecule has 0 saturated carbocycles. The van der Waals surface area contributed by atoms with E-state index in [1.807, 2.05) is 310 Å². The van der Waals surface area contributed by atoms with Crippen molar-refractivity contribution >= 4 is 43.1 Å². The second-order valence-electron chi connectivity index (χ2n) is 23.8. The summed E-state index contributed by atoms with van der Waals surface area (Å²) in [5.74, 6) is -1.32. The number of carbonyl (C=O) groups is 3. The monoisotopic (exact) mass is 1700 g/mol. The summed E-state index contributed by atoms with van der Waals surface area (Å²) in [4.78, 5) is 49.0. The number of carboxylic acids is 1. The van der Waals surface area contributed by atoms with Gasteiger partial charge in [0.1, 0.15) is 0 Å². The first kappa shape index (κ1) is 116. The van der Waals surface area contributed by atoms with Gasteiger partial charge in [-0.2, -0.15) is 4.73 Å². The maximum Gasteiger partial charge on any atom is 0.488 e. The van der Waals surface area contributed by atoms with Gasteiger partial charge in [-0.25, -0.2) is 0 Å². The fraction of sp³-hybridized carbons (Fsp3) is 0.187. The number of methoxy groups -OCH3 is 2. The van der Waals surface area contributed by atoms with Crippen LogP contribution in [0.4, 0.5) is 0 Å². The zero-order valence-electron chi connectivity index (χ0n) is 77.1. The normalized spacial score (nSPS) is 8.69. The molecule has 0 atom stereocenters. The fourth-order valence-corrected chi connectivity index (χ4v) is 9.46. The second-order valence-corrected chi connectivity index (χ2v) is 23.8. The van der Waals surface area contributed by atoms with E-state index in [1.54, 1.807) is 60.9 Å². The van der Waals surface area contributed by atoms with Crippen molar-refractivity contribution in [1.82, 2.24) is 24.9 Å². The number of pyridine rings is 6. The average molecular weight is 1700 g/mol. The van der Waals surface area contributed by atoms with Crippen molar-refractivity contribution in [3.63, 3.8) is 0 Å². The van der Waals surface area contributed by atoms with Gasteiger partial charge in [0.15, 0.2) is 12.4 Å². The summed E-state index contributed by atoms with van der Waals surface area (Å²) in [6, 6.07) is 113. The first-order valence-electron chi connectivity index (χ1n) is 41.6. The molecule has 17 nitrogen and oxygen atoms in total. The molecule has 0 radical (unpaired) electrons. The van der Waals surface area contributed by atoms with Crippen molar-refractivity contribution in [2.45, 2.75) is 125 Å². The molecule has 0 aliphatic heterocycles. The number of hydrogen-bond donors (Lipinski definition) is 5. The number of rotatable bonds is 9. The van der Waals surface area contributed by atoms with E-state index in [0.29, 0.717) is 10.9 Å². The third-order valence-corrected chi connectivity index (χ3v) is 15.2. The minimum Gasteiger partial charge on any atom is -1.00 e. The zero-order valence-corrected chi connectivity index (χ0v) is 76.1. The molecular formula is C107H133B2N6O11-. The van der Waals surface area contributed by atoms with Crippen molar-refractivity contribution in [1.29, 1.82) is 0 Å². The number of carbonyl (C=O) groups excluding carboxylic acids is 2. The van der Waals surface area contributed by atoms with Crippen LogP contribution in [0.2, 0.25) is 0 Å². The van der Waals surface area contributed by atoms with Crippen LogP contribution in [-0.2, 0) is 23.9 Å². The summed E-state index contributed by atoms with van der Waals surface area (Å²) in [6.07, 6.45) is 15.8. The van der Waals surface area contributed by atoms with Crippen molar-refractivity contribution in [2.24, 2.45) is 0 Å². The summed E-state index contributed by atoms with van der Waals surface area (Å²) in [7, 11) is 0.0161. The molecule has 15 rings (SSSR count). The average Bonchev–Trinajstić information content (AvgIpc) is 0.846. The van der Waals surface area contributed by atoms with E-state index in [9.17, 15) is 14.8 Å². The summed E-state index contributed by atoms with van der Waals surface area (Å²) in [5, 5.41) is 52.5. The highest BCUT2D eigenvalue weighted by Gasteiger charge is 2.09. The van der Waals surface area contributed by atoms with Crippen LogP contribution in [0.3, 0.4) is 0 Å². The highest BCUT2D eigenvalue weighted by molar-refractivity contribution is 6.58. The van der Waals surface area contributed by atoms with Crippen LogP contribution in [0.25, 0.3) is 78.1 Å². The standard InChI is InChI=1S/2C17H13N.C12H11N.C11H9NO.C11H9N.2C6H7BO2.C6H7N.2C3H6O2.C2H4O2.6C2H6.CH4.H/c2*1-3-7-14(8-4-1)16-11-12-18-17(13-16)15-9-5-2-6-10-15;1-10-9-12(7-8-13-10)11-5-3-2-4-6-11;13-12-8-6-11(7-9-12)10-4-2-1-3-5-10;1-2-4-10(5-3-1)11-6-8-12-9-7-11;2*8-7(9)6-4-2-1-3-5-6;1-6-2-4-7-5-3-6;2*1-3(4)5-2;1-2(3)4;6*1-2;;/h2*1-13H;2-9H,1H3;1-9H;1-9H;2*1-5,8-9H;2-5H,1H3;2*1-2H3;1H3,(H,3,4);6*1-2H3;1H4;/q;;;;;;;;;;;;;;;;;;-1/i;;;;;;;;;;;;;;;;;;1+1. The predicted octanol–water partition coefficient (Wildman–Crippen LogP) is 24.1. The summed E-state index contributed by atoms with van der Waals surface area (Å²) < 4.78 is 9.01. The maximum atomic E-state index is 10.8. The lowest BCUT2D eigenvalue weighted by atomic mass is 9.81. The molecular weight excluding hydrogens is 1570 g/mol. The molecule has 6 heterocycles. The van der Waals surface area contributed by atoms with E-state index in [2.05, 4.69) is 150 Å². The Morgan fingerprint density at radius 3 is 0.722 bits per heavy atom. The number of aliphatic carboxylic acids is 1. The van der Waals surface area contributed by atoms with Gasteiger partial charge in [-0.15, -0.1) is 0 Å². The van der Waals surface area contributed by atoms with Crippen molar-refractivity contribution in [2.75, 3.05) is 14.2 Å². The second kappa shape index (κ2) is 78.3. The van der Waals surface area contributed by atoms with E-state index < -0.39 is 20.2 Å². The van der Waals surface area contributed by atoms with Gasteiger partial charge < -0.3 is 41.3 Å². The molecule has 0 bridgehead atoms. The van der Waals surface area contributed by atoms with Crippen molar-refractivity contribution in [3.05, 3.63) is 418 Å². The van der Waals surface area contributed by atoms with Gasteiger partial charge in [0.05, 0.1) is 25.6 Å². The number of nitrogens with zero attached hydrogens (tertiary/aromatic N) is 6. The molecule has 6 aromatic heterocycles. The Labute approximate surface area is 754 Å². The Morgan fingerprint density at radius 2 is 0.500 bits per heavy atom. The Kier molecular flexibility index (Phi) is 72.2. The first-order valence-corrected chi connectivity index (χ1v) is 41.6. The van der Waals surface area contributed by atoms with Crippen LogP contribution in [0.5, 0.6) is 0 Å². The topological polar surface area (TPSA) is 262 Å². The Bertz CT molecular complexity index is 4680.